The minimum atomic E-state index is -3.12. The Labute approximate surface area is 155 Å². The molecule has 1 heterocycles. The molecule has 144 valence electrons. The van der Waals surface area contributed by atoms with Crippen LogP contribution in [0.2, 0.25) is 0 Å². The molecule has 1 aromatic rings. The summed E-state index contributed by atoms with van der Waals surface area (Å²) in [5, 5.41) is 5.72. The smallest absolute Gasteiger partial charge is 0.319 e. The molecule has 0 atom stereocenters. The monoisotopic (exact) mass is 380 g/mol. The molecule has 0 bridgehead atoms. The molecule has 0 spiro atoms. The van der Waals surface area contributed by atoms with Gasteiger partial charge in [0.15, 0.2) is 0 Å². The lowest BCUT2D eigenvalue weighted by Crippen LogP contribution is -2.49. The fourth-order valence-electron chi connectivity index (χ4n) is 3.02. The number of carbonyl (C=O) groups excluding carboxylic acids is 1. The van der Waals surface area contributed by atoms with E-state index in [2.05, 4.69) is 15.5 Å². The maximum Gasteiger partial charge on any atom is 0.319 e. The standard InChI is InChI=1S/C18H28N4O3S/c1-2-3-14-26(24,25)22-12-10-21(11-13-22)17-8-6-16(7-9-17)20-18(23)19-15-4-5-15/h6-9,15H,2-5,10-14H2,1H3,(H2,19,20,23). The summed E-state index contributed by atoms with van der Waals surface area (Å²) in [7, 11) is -3.12. The van der Waals surface area contributed by atoms with Crippen molar-refractivity contribution in [1.82, 2.24) is 9.62 Å². The van der Waals surface area contributed by atoms with Crippen LogP contribution in [0.15, 0.2) is 24.3 Å². The van der Waals surface area contributed by atoms with Crippen molar-refractivity contribution in [3.05, 3.63) is 24.3 Å². The highest BCUT2D eigenvalue weighted by atomic mass is 32.2. The summed E-state index contributed by atoms with van der Waals surface area (Å²) in [6.07, 6.45) is 3.72. The van der Waals surface area contributed by atoms with Crippen molar-refractivity contribution in [3.8, 4) is 0 Å². The van der Waals surface area contributed by atoms with Gasteiger partial charge in [-0.25, -0.2) is 13.2 Å². The van der Waals surface area contributed by atoms with Crippen LogP contribution in [0.3, 0.4) is 0 Å². The average Bonchev–Trinajstić information content (AvgIpc) is 3.44. The lowest BCUT2D eigenvalue weighted by Gasteiger charge is -2.35. The minimum Gasteiger partial charge on any atom is -0.369 e. The molecule has 2 N–H and O–H groups in total. The van der Waals surface area contributed by atoms with Crippen LogP contribution < -0.4 is 15.5 Å². The lowest BCUT2D eigenvalue weighted by molar-refractivity contribution is 0.251. The molecular formula is C18H28N4O3S. The van der Waals surface area contributed by atoms with E-state index in [-0.39, 0.29) is 11.8 Å². The summed E-state index contributed by atoms with van der Waals surface area (Å²) in [5.41, 5.74) is 1.80. The van der Waals surface area contributed by atoms with E-state index in [1.165, 1.54) is 0 Å². The summed E-state index contributed by atoms with van der Waals surface area (Å²) in [6, 6.07) is 7.87. The number of benzene rings is 1. The van der Waals surface area contributed by atoms with Crippen molar-refractivity contribution in [3.63, 3.8) is 0 Å². The molecule has 0 aromatic heterocycles. The van der Waals surface area contributed by atoms with E-state index in [4.69, 9.17) is 0 Å². The number of sulfonamides is 1. The molecule has 1 saturated carbocycles. The zero-order valence-electron chi connectivity index (χ0n) is 15.3. The van der Waals surface area contributed by atoms with Crippen LogP contribution in [-0.2, 0) is 10.0 Å². The van der Waals surface area contributed by atoms with Crippen molar-refractivity contribution in [2.24, 2.45) is 0 Å². The SMILES string of the molecule is CCCCS(=O)(=O)N1CCN(c2ccc(NC(=O)NC3CC3)cc2)CC1. The van der Waals surface area contributed by atoms with E-state index in [0.29, 0.717) is 38.6 Å². The highest BCUT2D eigenvalue weighted by Gasteiger charge is 2.26. The number of unbranched alkanes of at least 4 members (excludes halogenated alkanes) is 1. The molecule has 26 heavy (non-hydrogen) atoms. The van der Waals surface area contributed by atoms with Gasteiger partial charge in [0.1, 0.15) is 0 Å². The largest absolute Gasteiger partial charge is 0.369 e. The van der Waals surface area contributed by atoms with Gasteiger partial charge in [-0.1, -0.05) is 13.3 Å². The summed E-state index contributed by atoms with van der Waals surface area (Å²) >= 11 is 0. The number of anilines is 2. The summed E-state index contributed by atoms with van der Waals surface area (Å²) in [5.74, 6) is 0.243. The first-order chi connectivity index (χ1) is 12.5. The topological polar surface area (TPSA) is 81.8 Å². The zero-order valence-corrected chi connectivity index (χ0v) is 16.1. The van der Waals surface area contributed by atoms with Crippen LogP contribution >= 0.6 is 0 Å². The molecule has 7 nitrogen and oxygen atoms in total. The molecule has 2 amide bonds. The van der Waals surface area contributed by atoms with Crippen molar-refractivity contribution in [2.75, 3.05) is 42.1 Å². The lowest BCUT2D eigenvalue weighted by atomic mass is 10.2. The van der Waals surface area contributed by atoms with Crippen molar-refractivity contribution in [2.45, 2.75) is 38.6 Å². The second-order valence-corrected chi connectivity index (χ2v) is 9.06. The Hall–Kier alpha value is -1.80. The second-order valence-electron chi connectivity index (χ2n) is 6.98. The normalized spacial score (nSPS) is 18.6. The Morgan fingerprint density at radius 2 is 1.77 bits per heavy atom. The predicted molar refractivity (Wildman–Crippen MR) is 104 cm³/mol. The maximum atomic E-state index is 12.3. The van der Waals surface area contributed by atoms with Crippen molar-refractivity contribution >= 4 is 27.4 Å². The highest BCUT2D eigenvalue weighted by Crippen LogP contribution is 2.22. The number of urea groups is 1. The number of rotatable bonds is 7. The highest BCUT2D eigenvalue weighted by molar-refractivity contribution is 7.89. The van der Waals surface area contributed by atoms with Crippen LogP contribution in [0.5, 0.6) is 0 Å². The van der Waals surface area contributed by atoms with Gasteiger partial charge in [0.25, 0.3) is 0 Å². The predicted octanol–water partition coefficient (Wildman–Crippen LogP) is 2.22. The fraction of sp³-hybridized carbons (Fsp3) is 0.611. The molecule has 3 rings (SSSR count). The molecule has 1 saturated heterocycles. The van der Waals surface area contributed by atoms with Crippen LogP contribution in [-0.4, -0.2) is 56.7 Å². The van der Waals surface area contributed by atoms with E-state index in [0.717, 1.165) is 30.6 Å². The minimum absolute atomic E-state index is 0.161. The summed E-state index contributed by atoms with van der Waals surface area (Å²) in [6.45, 7) is 4.41. The number of amides is 2. The number of hydrogen-bond donors (Lipinski definition) is 2. The van der Waals surface area contributed by atoms with Gasteiger partial charge in [-0.2, -0.15) is 4.31 Å². The van der Waals surface area contributed by atoms with Gasteiger partial charge in [-0.05, 0) is 43.5 Å². The molecule has 1 aliphatic heterocycles. The molecule has 2 aliphatic rings. The van der Waals surface area contributed by atoms with E-state index in [9.17, 15) is 13.2 Å². The molecule has 0 radical (unpaired) electrons. The molecule has 2 fully saturated rings. The average molecular weight is 381 g/mol. The Morgan fingerprint density at radius 1 is 1.12 bits per heavy atom. The summed E-state index contributed by atoms with van der Waals surface area (Å²) < 4.78 is 26.2. The molecule has 1 aliphatic carbocycles. The number of piperazine rings is 1. The Morgan fingerprint density at radius 3 is 2.35 bits per heavy atom. The van der Waals surface area contributed by atoms with Crippen molar-refractivity contribution < 1.29 is 13.2 Å². The third-order valence-corrected chi connectivity index (χ3v) is 6.75. The molecule has 8 heteroatoms. The fourth-order valence-corrected chi connectivity index (χ4v) is 4.65. The van der Waals surface area contributed by atoms with Gasteiger partial charge in [0, 0.05) is 43.6 Å². The second kappa shape index (κ2) is 8.26. The van der Waals surface area contributed by atoms with Crippen LogP contribution in [0.1, 0.15) is 32.6 Å². The first-order valence-electron chi connectivity index (χ1n) is 9.38. The quantitative estimate of drug-likeness (QED) is 0.760. The van der Waals surface area contributed by atoms with Gasteiger partial charge in [-0.3, -0.25) is 0 Å². The first-order valence-corrected chi connectivity index (χ1v) is 11.0. The zero-order chi connectivity index (χ0) is 18.6. The molecule has 1 aromatic carbocycles. The number of carbonyl (C=O) groups is 1. The van der Waals surface area contributed by atoms with E-state index >= 15 is 0 Å². The van der Waals surface area contributed by atoms with E-state index in [1.807, 2.05) is 31.2 Å². The number of nitrogens with one attached hydrogen (secondary N) is 2. The molecular weight excluding hydrogens is 352 g/mol. The molecule has 0 unspecified atom stereocenters. The van der Waals surface area contributed by atoms with Gasteiger partial charge >= 0.3 is 6.03 Å². The number of nitrogens with zero attached hydrogens (tertiary/aromatic N) is 2. The van der Waals surface area contributed by atoms with Crippen LogP contribution in [0.4, 0.5) is 16.2 Å². The first kappa shape index (κ1) is 19.0. The third kappa shape index (κ3) is 5.11. The van der Waals surface area contributed by atoms with Crippen LogP contribution in [0, 0.1) is 0 Å². The van der Waals surface area contributed by atoms with Crippen LogP contribution in [0.25, 0.3) is 0 Å². The van der Waals surface area contributed by atoms with Gasteiger partial charge < -0.3 is 15.5 Å². The van der Waals surface area contributed by atoms with Crippen molar-refractivity contribution in [1.29, 1.82) is 0 Å². The maximum absolute atomic E-state index is 12.3. The van der Waals surface area contributed by atoms with E-state index in [1.54, 1.807) is 4.31 Å². The van der Waals surface area contributed by atoms with Gasteiger partial charge in [0.2, 0.25) is 10.0 Å². The Kier molecular flexibility index (Phi) is 6.03. The Bertz CT molecular complexity index is 708. The third-order valence-electron chi connectivity index (χ3n) is 4.79. The van der Waals surface area contributed by atoms with Gasteiger partial charge in [0.05, 0.1) is 5.75 Å². The summed E-state index contributed by atoms with van der Waals surface area (Å²) in [4.78, 5) is 13.9. The number of hydrogen-bond acceptors (Lipinski definition) is 4. The van der Waals surface area contributed by atoms with E-state index < -0.39 is 10.0 Å². The Balaban J connectivity index is 1.50. The van der Waals surface area contributed by atoms with Gasteiger partial charge in [-0.15, -0.1) is 0 Å².